The normalized spacial score (nSPS) is 13.6. The summed E-state index contributed by atoms with van der Waals surface area (Å²) in [5.74, 6) is 0.0984. The van der Waals surface area contributed by atoms with Gasteiger partial charge in [-0.3, -0.25) is 25.2 Å². The van der Waals surface area contributed by atoms with Gasteiger partial charge in [0.1, 0.15) is 11.5 Å². The maximum Gasteiger partial charge on any atom is 0.276 e. The molecular formula is C18H19N3O5. The highest BCUT2D eigenvalue weighted by atomic mass is 16.5. The Labute approximate surface area is 150 Å². The second-order valence-corrected chi connectivity index (χ2v) is 5.82. The first-order chi connectivity index (χ1) is 12.5. The van der Waals surface area contributed by atoms with Gasteiger partial charge in [0.25, 0.3) is 11.8 Å². The number of aryl methyl sites for hydroxylation is 1. The molecule has 0 saturated carbocycles. The molecule has 3 amide bonds. The van der Waals surface area contributed by atoms with Crippen LogP contribution < -0.4 is 20.5 Å². The molecule has 8 nitrogen and oxygen atoms in total. The summed E-state index contributed by atoms with van der Waals surface area (Å²) in [7, 11) is 0. The van der Waals surface area contributed by atoms with Gasteiger partial charge in [-0.2, -0.15) is 0 Å². The number of anilines is 1. The lowest BCUT2D eigenvalue weighted by atomic mass is 10.2. The fraction of sp³-hybridized carbons (Fsp3) is 0.278. The van der Waals surface area contributed by atoms with Gasteiger partial charge < -0.3 is 14.1 Å². The fourth-order valence-electron chi connectivity index (χ4n) is 2.64. The molecule has 8 heteroatoms. The van der Waals surface area contributed by atoms with Gasteiger partial charge in [0.05, 0.1) is 11.8 Å². The summed E-state index contributed by atoms with van der Waals surface area (Å²) in [6, 6.07) is 8.46. The van der Waals surface area contributed by atoms with Crippen molar-refractivity contribution >= 4 is 23.4 Å². The van der Waals surface area contributed by atoms with Crippen molar-refractivity contribution < 1.29 is 23.5 Å². The first-order valence-corrected chi connectivity index (χ1v) is 8.21. The van der Waals surface area contributed by atoms with E-state index in [4.69, 9.17) is 9.15 Å². The molecule has 0 radical (unpaired) electrons. The first kappa shape index (κ1) is 17.5. The highest BCUT2D eigenvalue weighted by Crippen LogP contribution is 2.23. The van der Waals surface area contributed by atoms with E-state index in [1.165, 1.54) is 12.3 Å². The molecule has 136 valence electrons. The van der Waals surface area contributed by atoms with Crippen LogP contribution in [0.1, 0.15) is 29.0 Å². The Morgan fingerprint density at radius 2 is 1.96 bits per heavy atom. The Morgan fingerprint density at radius 3 is 2.58 bits per heavy atom. The van der Waals surface area contributed by atoms with Gasteiger partial charge >= 0.3 is 0 Å². The van der Waals surface area contributed by atoms with E-state index in [1.54, 1.807) is 36.1 Å². The predicted molar refractivity (Wildman–Crippen MR) is 92.6 cm³/mol. The standard InChI is InChI=1S/C18H19N3O5/c1-12-15(8-10-25-12)18(24)20-19-16(22)11-26-14-6-4-13(5-7-14)21-9-2-3-17(21)23/h4-8,10H,2-3,9,11H2,1H3,(H,19,22)(H,20,24). The molecule has 0 atom stereocenters. The molecule has 0 bridgehead atoms. The van der Waals surface area contributed by atoms with Crippen LogP contribution in [0, 0.1) is 6.92 Å². The number of nitrogens with one attached hydrogen (secondary N) is 2. The molecule has 1 aromatic heterocycles. The minimum Gasteiger partial charge on any atom is -0.484 e. The number of nitrogens with zero attached hydrogens (tertiary/aromatic N) is 1. The van der Waals surface area contributed by atoms with Gasteiger partial charge in [0, 0.05) is 18.7 Å². The van der Waals surface area contributed by atoms with E-state index >= 15 is 0 Å². The second kappa shape index (κ2) is 7.73. The number of amides is 3. The molecule has 0 aliphatic carbocycles. The molecule has 26 heavy (non-hydrogen) atoms. The number of hydrogen-bond acceptors (Lipinski definition) is 5. The van der Waals surface area contributed by atoms with Crippen molar-refractivity contribution in [3.8, 4) is 5.75 Å². The van der Waals surface area contributed by atoms with Gasteiger partial charge in [-0.05, 0) is 43.7 Å². The zero-order chi connectivity index (χ0) is 18.5. The molecule has 0 spiro atoms. The number of ether oxygens (including phenoxy) is 1. The summed E-state index contributed by atoms with van der Waals surface area (Å²) in [6.45, 7) is 2.11. The van der Waals surface area contributed by atoms with Crippen LogP contribution in [0.4, 0.5) is 5.69 Å². The number of hydrazine groups is 1. The maximum absolute atomic E-state index is 11.8. The molecular weight excluding hydrogens is 338 g/mol. The van der Waals surface area contributed by atoms with Crippen molar-refractivity contribution in [2.45, 2.75) is 19.8 Å². The van der Waals surface area contributed by atoms with Crippen molar-refractivity contribution in [1.29, 1.82) is 0 Å². The average Bonchev–Trinajstić information content (AvgIpc) is 3.26. The smallest absolute Gasteiger partial charge is 0.276 e. The van der Waals surface area contributed by atoms with Crippen molar-refractivity contribution in [2.24, 2.45) is 0 Å². The summed E-state index contributed by atoms with van der Waals surface area (Å²) in [6.07, 6.45) is 2.83. The van der Waals surface area contributed by atoms with E-state index in [0.717, 1.165) is 18.7 Å². The molecule has 1 aromatic carbocycles. The van der Waals surface area contributed by atoms with Crippen LogP contribution >= 0.6 is 0 Å². The minimum atomic E-state index is -0.502. The van der Waals surface area contributed by atoms with Gasteiger partial charge in [0.15, 0.2) is 6.61 Å². The Kier molecular flexibility index (Phi) is 5.21. The van der Waals surface area contributed by atoms with Crippen LogP contribution in [0.5, 0.6) is 5.75 Å². The highest BCUT2D eigenvalue weighted by molar-refractivity contribution is 5.96. The summed E-state index contributed by atoms with van der Waals surface area (Å²) in [4.78, 5) is 37.0. The molecule has 3 rings (SSSR count). The number of furan rings is 1. The Hall–Kier alpha value is -3.29. The minimum absolute atomic E-state index is 0.113. The number of carbonyl (C=O) groups excluding carboxylic acids is 3. The molecule has 1 aliphatic heterocycles. The lowest BCUT2D eigenvalue weighted by Gasteiger charge is -2.16. The van der Waals surface area contributed by atoms with Crippen LogP contribution in [0.3, 0.4) is 0 Å². The fourth-order valence-corrected chi connectivity index (χ4v) is 2.64. The lowest BCUT2D eigenvalue weighted by molar-refractivity contribution is -0.123. The molecule has 1 saturated heterocycles. The van der Waals surface area contributed by atoms with Crippen LogP contribution in [0.15, 0.2) is 41.0 Å². The van der Waals surface area contributed by atoms with E-state index in [9.17, 15) is 14.4 Å². The molecule has 1 aliphatic rings. The van der Waals surface area contributed by atoms with E-state index < -0.39 is 11.8 Å². The molecule has 2 N–H and O–H groups in total. The summed E-state index contributed by atoms with van der Waals surface area (Å²) >= 11 is 0. The predicted octanol–water partition coefficient (Wildman–Crippen LogP) is 1.55. The number of benzene rings is 1. The van der Waals surface area contributed by atoms with E-state index in [-0.39, 0.29) is 12.5 Å². The second-order valence-electron chi connectivity index (χ2n) is 5.82. The molecule has 2 heterocycles. The third kappa shape index (κ3) is 4.02. The maximum atomic E-state index is 11.8. The van der Waals surface area contributed by atoms with Gasteiger partial charge in [-0.15, -0.1) is 0 Å². The number of hydrogen-bond donors (Lipinski definition) is 2. The number of rotatable bonds is 5. The van der Waals surface area contributed by atoms with Crippen molar-refractivity contribution in [3.05, 3.63) is 47.9 Å². The summed E-state index contributed by atoms with van der Waals surface area (Å²) < 4.78 is 10.4. The Bertz CT molecular complexity index is 812. The number of carbonyl (C=O) groups is 3. The zero-order valence-corrected chi connectivity index (χ0v) is 14.3. The third-order valence-electron chi connectivity index (χ3n) is 4.01. The van der Waals surface area contributed by atoms with E-state index in [0.29, 0.717) is 23.5 Å². The van der Waals surface area contributed by atoms with Crippen molar-refractivity contribution in [2.75, 3.05) is 18.1 Å². The molecule has 0 unspecified atom stereocenters. The largest absolute Gasteiger partial charge is 0.484 e. The van der Waals surface area contributed by atoms with Gasteiger partial charge in [-0.25, -0.2) is 0 Å². The topological polar surface area (TPSA) is 101 Å². The van der Waals surface area contributed by atoms with Crippen LogP contribution in [-0.2, 0) is 9.59 Å². The Balaban J connectivity index is 1.45. The van der Waals surface area contributed by atoms with Crippen LogP contribution in [0.2, 0.25) is 0 Å². The SMILES string of the molecule is Cc1occc1C(=O)NNC(=O)COc1ccc(N2CCCC2=O)cc1. The lowest BCUT2D eigenvalue weighted by Crippen LogP contribution is -2.43. The first-order valence-electron chi connectivity index (χ1n) is 8.21. The molecule has 2 aromatic rings. The molecule has 1 fully saturated rings. The van der Waals surface area contributed by atoms with Crippen LogP contribution in [0.25, 0.3) is 0 Å². The van der Waals surface area contributed by atoms with Crippen LogP contribution in [-0.4, -0.2) is 30.9 Å². The van der Waals surface area contributed by atoms with E-state index in [2.05, 4.69) is 10.9 Å². The van der Waals surface area contributed by atoms with Crippen molar-refractivity contribution in [3.63, 3.8) is 0 Å². The van der Waals surface area contributed by atoms with Gasteiger partial charge in [0.2, 0.25) is 5.91 Å². The van der Waals surface area contributed by atoms with Crippen molar-refractivity contribution in [1.82, 2.24) is 10.9 Å². The third-order valence-corrected chi connectivity index (χ3v) is 4.01. The average molecular weight is 357 g/mol. The summed E-state index contributed by atoms with van der Waals surface area (Å²) in [5.41, 5.74) is 5.72. The monoisotopic (exact) mass is 357 g/mol. The van der Waals surface area contributed by atoms with Gasteiger partial charge in [-0.1, -0.05) is 0 Å². The Morgan fingerprint density at radius 1 is 1.19 bits per heavy atom. The highest BCUT2D eigenvalue weighted by Gasteiger charge is 2.21. The quantitative estimate of drug-likeness (QED) is 0.791. The van der Waals surface area contributed by atoms with E-state index in [1.807, 2.05) is 0 Å². The summed E-state index contributed by atoms with van der Waals surface area (Å²) in [5, 5.41) is 0. The zero-order valence-electron chi connectivity index (χ0n) is 14.3.